The third-order valence-corrected chi connectivity index (χ3v) is 4.35. The monoisotopic (exact) mass is 384 g/mol. The molecule has 1 aromatic heterocycles. The molecular formula is C14H7BrClFN2OS. The number of benzene rings is 1. The van der Waals surface area contributed by atoms with Gasteiger partial charge in [-0.2, -0.15) is 5.26 Å². The molecule has 0 saturated carbocycles. The normalized spacial score (nSPS) is 11.0. The highest BCUT2D eigenvalue weighted by Gasteiger charge is 2.11. The van der Waals surface area contributed by atoms with Gasteiger partial charge in [0.1, 0.15) is 17.5 Å². The highest BCUT2D eigenvalue weighted by Crippen LogP contribution is 2.23. The van der Waals surface area contributed by atoms with Gasteiger partial charge in [0.15, 0.2) is 0 Å². The van der Waals surface area contributed by atoms with Gasteiger partial charge in [-0.05, 0) is 46.3 Å². The quantitative estimate of drug-likeness (QED) is 0.606. The van der Waals surface area contributed by atoms with Crippen LogP contribution in [0.4, 0.5) is 10.1 Å². The Balaban J connectivity index is 2.19. The first-order valence-electron chi connectivity index (χ1n) is 5.62. The molecule has 0 spiro atoms. The van der Waals surface area contributed by atoms with Gasteiger partial charge in [-0.1, -0.05) is 11.6 Å². The molecule has 0 radical (unpaired) electrons. The summed E-state index contributed by atoms with van der Waals surface area (Å²) in [5.74, 6) is -1.15. The molecule has 0 saturated heterocycles. The smallest absolute Gasteiger partial charge is 0.266 e. The second-order valence-corrected chi connectivity index (χ2v) is 6.19. The van der Waals surface area contributed by atoms with Crippen LogP contribution in [0.25, 0.3) is 6.08 Å². The minimum atomic E-state index is -0.579. The molecule has 0 atom stereocenters. The van der Waals surface area contributed by atoms with E-state index < -0.39 is 11.7 Å². The standard InChI is InChI=1S/C14H7BrClFN2OS/c15-9-4-11(21-7-9)3-8(6-18)14(20)19-10-1-2-13(17)12(16)5-10/h1-5,7H,(H,19,20)/b8-3-. The van der Waals surface area contributed by atoms with Gasteiger partial charge in [0.05, 0.1) is 5.02 Å². The number of carbonyl (C=O) groups is 1. The van der Waals surface area contributed by atoms with E-state index in [1.54, 1.807) is 6.07 Å². The van der Waals surface area contributed by atoms with Gasteiger partial charge in [-0.15, -0.1) is 11.3 Å². The minimum Gasteiger partial charge on any atom is -0.321 e. The molecule has 0 aliphatic heterocycles. The van der Waals surface area contributed by atoms with Gasteiger partial charge in [0, 0.05) is 20.4 Å². The number of nitrogens with one attached hydrogen (secondary N) is 1. The van der Waals surface area contributed by atoms with E-state index in [4.69, 9.17) is 16.9 Å². The number of thiophene rings is 1. The van der Waals surface area contributed by atoms with E-state index in [9.17, 15) is 9.18 Å². The topological polar surface area (TPSA) is 52.9 Å². The first-order valence-corrected chi connectivity index (χ1v) is 7.67. The molecule has 1 N–H and O–H groups in total. The Morgan fingerprint density at radius 2 is 2.24 bits per heavy atom. The third-order valence-electron chi connectivity index (χ3n) is 2.42. The number of nitrogens with zero attached hydrogens (tertiary/aromatic N) is 1. The van der Waals surface area contributed by atoms with Gasteiger partial charge < -0.3 is 5.32 Å². The Hall–Kier alpha value is -1.68. The maximum absolute atomic E-state index is 13.0. The molecule has 21 heavy (non-hydrogen) atoms. The van der Waals surface area contributed by atoms with Gasteiger partial charge in [-0.3, -0.25) is 4.79 Å². The Morgan fingerprint density at radius 3 is 2.81 bits per heavy atom. The van der Waals surface area contributed by atoms with Crippen molar-refractivity contribution in [3.8, 4) is 6.07 Å². The maximum atomic E-state index is 13.0. The van der Waals surface area contributed by atoms with Crippen LogP contribution in [0.2, 0.25) is 5.02 Å². The lowest BCUT2D eigenvalue weighted by Gasteiger charge is -2.04. The first-order chi connectivity index (χ1) is 9.99. The van der Waals surface area contributed by atoms with Gasteiger partial charge in [-0.25, -0.2) is 4.39 Å². The molecule has 106 valence electrons. The van der Waals surface area contributed by atoms with E-state index in [-0.39, 0.29) is 10.6 Å². The number of carbonyl (C=O) groups excluding carboxylic acids is 1. The summed E-state index contributed by atoms with van der Waals surface area (Å²) in [7, 11) is 0. The number of rotatable bonds is 3. The number of hydrogen-bond acceptors (Lipinski definition) is 3. The van der Waals surface area contributed by atoms with E-state index in [0.717, 1.165) is 15.4 Å². The van der Waals surface area contributed by atoms with Crippen molar-refractivity contribution in [2.24, 2.45) is 0 Å². The zero-order valence-electron chi connectivity index (χ0n) is 10.4. The molecule has 2 rings (SSSR count). The summed E-state index contributed by atoms with van der Waals surface area (Å²) >= 11 is 10.3. The third kappa shape index (κ3) is 4.14. The molecular weight excluding hydrogens is 379 g/mol. The van der Waals surface area contributed by atoms with Crippen LogP contribution >= 0.6 is 38.9 Å². The molecule has 1 aromatic carbocycles. The summed E-state index contributed by atoms with van der Waals surface area (Å²) in [4.78, 5) is 12.8. The lowest BCUT2D eigenvalue weighted by Crippen LogP contribution is -2.13. The summed E-state index contributed by atoms with van der Waals surface area (Å²) in [5.41, 5.74) is 0.268. The Kier molecular flexibility index (Phi) is 5.12. The number of nitriles is 1. The Morgan fingerprint density at radius 1 is 1.48 bits per heavy atom. The molecule has 0 aliphatic rings. The van der Waals surface area contributed by atoms with Crippen LogP contribution in [0, 0.1) is 17.1 Å². The minimum absolute atomic E-state index is 0.0511. The van der Waals surface area contributed by atoms with Crippen LogP contribution in [0.5, 0.6) is 0 Å². The number of anilines is 1. The van der Waals surface area contributed by atoms with Gasteiger partial charge in [0.2, 0.25) is 0 Å². The van der Waals surface area contributed by atoms with Crippen molar-refractivity contribution < 1.29 is 9.18 Å². The maximum Gasteiger partial charge on any atom is 0.266 e. The van der Waals surface area contributed by atoms with Crippen LogP contribution in [-0.2, 0) is 4.79 Å². The van der Waals surface area contributed by atoms with Crippen LogP contribution in [-0.4, -0.2) is 5.91 Å². The second-order valence-electron chi connectivity index (χ2n) is 3.92. The number of hydrogen-bond donors (Lipinski definition) is 1. The molecule has 3 nitrogen and oxygen atoms in total. The fourth-order valence-electron chi connectivity index (χ4n) is 1.47. The van der Waals surface area contributed by atoms with E-state index >= 15 is 0 Å². The largest absolute Gasteiger partial charge is 0.321 e. The SMILES string of the molecule is N#C/C(=C/c1cc(Br)cs1)C(=O)Nc1ccc(F)c(Cl)c1. The predicted octanol–water partition coefficient (Wildman–Crippen LogP) is 4.85. The van der Waals surface area contributed by atoms with E-state index in [0.29, 0.717) is 5.69 Å². The first kappa shape index (κ1) is 15.7. The fraction of sp³-hybridized carbons (Fsp3) is 0. The van der Waals surface area contributed by atoms with Crippen molar-refractivity contribution in [2.45, 2.75) is 0 Å². The molecule has 0 unspecified atom stereocenters. The number of amides is 1. The van der Waals surface area contributed by atoms with Gasteiger partial charge in [0.25, 0.3) is 5.91 Å². The molecule has 0 fully saturated rings. The van der Waals surface area contributed by atoms with E-state index in [2.05, 4.69) is 21.2 Å². The summed E-state index contributed by atoms with van der Waals surface area (Å²) in [6.07, 6.45) is 1.48. The van der Waals surface area contributed by atoms with Crippen LogP contribution < -0.4 is 5.32 Å². The molecule has 0 bridgehead atoms. The average molecular weight is 386 g/mol. The van der Waals surface area contributed by atoms with Crippen molar-refractivity contribution in [3.63, 3.8) is 0 Å². The lowest BCUT2D eigenvalue weighted by molar-refractivity contribution is -0.112. The lowest BCUT2D eigenvalue weighted by atomic mass is 10.2. The fourth-order valence-corrected chi connectivity index (χ4v) is 3.02. The molecule has 0 aliphatic carbocycles. The van der Waals surface area contributed by atoms with E-state index in [1.165, 1.54) is 29.5 Å². The van der Waals surface area contributed by atoms with Crippen molar-refractivity contribution in [2.75, 3.05) is 5.32 Å². The second kappa shape index (κ2) is 6.85. The zero-order chi connectivity index (χ0) is 15.4. The van der Waals surface area contributed by atoms with Gasteiger partial charge >= 0.3 is 0 Å². The molecule has 7 heteroatoms. The van der Waals surface area contributed by atoms with Crippen LogP contribution in [0.3, 0.4) is 0 Å². The van der Waals surface area contributed by atoms with Crippen LogP contribution in [0.1, 0.15) is 4.88 Å². The van der Waals surface area contributed by atoms with Crippen molar-refractivity contribution in [1.82, 2.24) is 0 Å². The average Bonchev–Trinajstić information content (AvgIpc) is 2.85. The zero-order valence-corrected chi connectivity index (χ0v) is 13.5. The summed E-state index contributed by atoms with van der Waals surface area (Å²) in [5, 5.41) is 13.3. The number of halogens is 3. The Bertz CT molecular complexity index is 767. The van der Waals surface area contributed by atoms with Crippen molar-refractivity contribution >= 4 is 56.5 Å². The summed E-state index contributed by atoms with van der Waals surface area (Å²) in [6.45, 7) is 0. The molecule has 2 aromatic rings. The van der Waals surface area contributed by atoms with Crippen LogP contribution in [0.15, 0.2) is 39.7 Å². The predicted molar refractivity (Wildman–Crippen MR) is 85.6 cm³/mol. The Labute approximate surface area is 137 Å². The molecule has 1 heterocycles. The van der Waals surface area contributed by atoms with Crippen molar-refractivity contribution in [1.29, 1.82) is 5.26 Å². The highest BCUT2D eigenvalue weighted by atomic mass is 79.9. The summed E-state index contributed by atoms with van der Waals surface area (Å²) < 4.78 is 13.9. The molecule has 1 amide bonds. The van der Waals surface area contributed by atoms with E-state index in [1.807, 2.05) is 11.4 Å². The van der Waals surface area contributed by atoms with Crippen molar-refractivity contribution in [3.05, 3.63) is 55.4 Å². The summed E-state index contributed by atoms with van der Waals surface area (Å²) in [6, 6.07) is 7.43. The highest BCUT2D eigenvalue weighted by molar-refractivity contribution is 9.10.